The van der Waals surface area contributed by atoms with E-state index in [9.17, 15) is 26.4 Å². The maximum atomic E-state index is 13.6. The Morgan fingerprint density at radius 3 is 2.30 bits per heavy atom. The van der Waals surface area contributed by atoms with Crippen LogP contribution >= 0.6 is 23.2 Å². The van der Waals surface area contributed by atoms with Crippen LogP contribution in [-0.2, 0) is 27.5 Å². The zero-order valence-corrected chi connectivity index (χ0v) is 21.8. The number of benzene rings is 3. The average Bonchev–Trinajstić information content (AvgIpc) is 2.85. The molecule has 0 atom stereocenters. The predicted octanol–water partition coefficient (Wildman–Crippen LogP) is 5.54. The highest BCUT2D eigenvalue weighted by Gasteiger charge is 2.33. The summed E-state index contributed by atoms with van der Waals surface area (Å²) in [6.45, 7) is -0.884. The molecule has 37 heavy (non-hydrogen) atoms. The monoisotopic (exact) mass is 576 g/mol. The van der Waals surface area contributed by atoms with Gasteiger partial charge in [0.2, 0.25) is 5.91 Å². The Kier molecular flexibility index (Phi) is 8.83. The molecular formula is C24H21Cl2F3N2O5S. The first-order valence-corrected chi connectivity index (χ1v) is 12.7. The lowest BCUT2D eigenvalue weighted by Gasteiger charge is -2.25. The Morgan fingerprint density at radius 2 is 1.68 bits per heavy atom. The molecule has 0 unspecified atom stereocenters. The lowest BCUT2D eigenvalue weighted by molar-refractivity contribution is -0.137. The summed E-state index contributed by atoms with van der Waals surface area (Å²) < 4.78 is 78.2. The summed E-state index contributed by atoms with van der Waals surface area (Å²) >= 11 is 12.0. The maximum Gasteiger partial charge on any atom is 0.416 e. The molecule has 0 aliphatic carbocycles. The quantitative estimate of drug-likeness (QED) is 0.361. The standard InChI is InChI=1S/C24H21Cl2F3N2O5S/c1-35-21-9-8-19(12-22(21)36-2)37(33,34)31(18-5-3-4-16(10-18)24(27,28)29)14-23(32)30-13-15-6-7-17(25)11-20(15)26/h3-12H,13-14H2,1-2H3,(H,30,32). The molecule has 0 saturated carbocycles. The number of halogens is 5. The molecule has 1 N–H and O–H groups in total. The molecule has 0 aliphatic rings. The number of anilines is 1. The van der Waals surface area contributed by atoms with Crippen molar-refractivity contribution >= 4 is 44.8 Å². The van der Waals surface area contributed by atoms with Gasteiger partial charge < -0.3 is 14.8 Å². The van der Waals surface area contributed by atoms with Gasteiger partial charge in [-0.3, -0.25) is 9.10 Å². The first kappa shape index (κ1) is 28.4. The molecule has 0 heterocycles. The predicted molar refractivity (Wildman–Crippen MR) is 134 cm³/mol. The average molecular weight is 577 g/mol. The molecule has 7 nitrogen and oxygen atoms in total. The normalized spacial score (nSPS) is 11.6. The third kappa shape index (κ3) is 6.79. The minimum Gasteiger partial charge on any atom is -0.493 e. The van der Waals surface area contributed by atoms with E-state index < -0.39 is 34.2 Å². The Bertz CT molecular complexity index is 1400. The van der Waals surface area contributed by atoms with Crippen LogP contribution in [0.4, 0.5) is 18.9 Å². The van der Waals surface area contributed by atoms with Crippen molar-refractivity contribution in [3.05, 3.63) is 81.8 Å². The highest BCUT2D eigenvalue weighted by atomic mass is 35.5. The van der Waals surface area contributed by atoms with Crippen molar-refractivity contribution in [2.24, 2.45) is 0 Å². The summed E-state index contributed by atoms with van der Waals surface area (Å²) in [6, 6.07) is 12.0. The number of rotatable bonds is 9. The number of carbonyl (C=O) groups is 1. The number of ether oxygens (including phenoxy) is 2. The fourth-order valence-corrected chi connectivity index (χ4v) is 5.21. The molecule has 1 amide bonds. The van der Waals surface area contributed by atoms with E-state index in [-0.39, 0.29) is 33.6 Å². The largest absolute Gasteiger partial charge is 0.493 e. The van der Waals surface area contributed by atoms with Gasteiger partial charge in [0.05, 0.1) is 30.4 Å². The number of methoxy groups -OCH3 is 2. The van der Waals surface area contributed by atoms with Gasteiger partial charge in [-0.05, 0) is 48.0 Å². The molecule has 3 aromatic carbocycles. The van der Waals surface area contributed by atoms with Crippen LogP contribution in [-0.4, -0.2) is 35.1 Å². The van der Waals surface area contributed by atoms with Crippen molar-refractivity contribution in [3.63, 3.8) is 0 Å². The maximum absolute atomic E-state index is 13.6. The van der Waals surface area contributed by atoms with Crippen LogP contribution in [0.5, 0.6) is 11.5 Å². The molecule has 0 spiro atoms. The van der Waals surface area contributed by atoms with Gasteiger partial charge in [0.25, 0.3) is 10.0 Å². The summed E-state index contributed by atoms with van der Waals surface area (Å²) in [5.41, 5.74) is -0.928. The molecule has 198 valence electrons. The first-order valence-electron chi connectivity index (χ1n) is 10.5. The van der Waals surface area contributed by atoms with Gasteiger partial charge in [-0.25, -0.2) is 8.42 Å². The lowest BCUT2D eigenvalue weighted by atomic mass is 10.2. The lowest BCUT2D eigenvalue weighted by Crippen LogP contribution is -2.40. The zero-order valence-electron chi connectivity index (χ0n) is 19.5. The van der Waals surface area contributed by atoms with Crippen LogP contribution in [0.1, 0.15) is 11.1 Å². The van der Waals surface area contributed by atoms with Gasteiger partial charge in [-0.1, -0.05) is 35.3 Å². The molecule has 0 aromatic heterocycles. The van der Waals surface area contributed by atoms with Crippen LogP contribution in [0.3, 0.4) is 0 Å². The Labute approximate surface area is 221 Å². The highest BCUT2D eigenvalue weighted by molar-refractivity contribution is 7.92. The Morgan fingerprint density at radius 1 is 0.973 bits per heavy atom. The summed E-state index contributed by atoms with van der Waals surface area (Å²) in [4.78, 5) is 12.5. The summed E-state index contributed by atoms with van der Waals surface area (Å²) in [5, 5.41) is 3.19. The van der Waals surface area contributed by atoms with Gasteiger partial charge in [-0.15, -0.1) is 0 Å². The van der Waals surface area contributed by atoms with Gasteiger partial charge in [0, 0.05) is 22.7 Å². The number of amides is 1. The summed E-state index contributed by atoms with van der Waals surface area (Å²) in [6.07, 6.45) is -4.73. The number of alkyl halides is 3. The van der Waals surface area contributed by atoms with Crippen molar-refractivity contribution in [3.8, 4) is 11.5 Å². The van der Waals surface area contributed by atoms with Crippen molar-refractivity contribution in [2.75, 3.05) is 25.1 Å². The zero-order chi connectivity index (χ0) is 27.4. The smallest absolute Gasteiger partial charge is 0.416 e. The topological polar surface area (TPSA) is 84.9 Å². The molecule has 0 aliphatic heterocycles. The second kappa shape index (κ2) is 11.5. The molecule has 3 aromatic rings. The number of nitrogens with zero attached hydrogens (tertiary/aromatic N) is 1. The molecule has 0 bridgehead atoms. The third-order valence-corrected chi connectivity index (χ3v) is 7.54. The van der Waals surface area contributed by atoms with Crippen LogP contribution < -0.4 is 19.1 Å². The van der Waals surface area contributed by atoms with Crippen LogP contribution in [0.25, 0.3) is 0 Å². The Hall–Kier alpha value is -3.15. The third-order valence-electron chi connectivity index (χ3n) is 5.18. The first-order chi connectivity index (χ1) is 17.4. The fraction of sp³-hybridized carbons (Fsp3) is 0.208. The van der Waals surface area contributed by atoms with Crippen LogP contribution in [0, 0.1) is 0 Å². The molecule has 0 radical (unpaired) electrons. The van der Waals surface area contributed by atoms with E-state index in [0.29, 0.717) is 21.0 Å². The minimum absolute atomic E-state index is 0.0678. The summed E-state index contributed by atoms with van der Waals surface area (Å²) in [5.74, 6) is -0.466. The van der Waals surface area contributed by atoms with E-state index in [1.54, 1.807) is 12.1 Å². The van der Waals surface area contributed by atoms with E-state index in [4.69, 9.17) is 32.7 Å². The molecule has 0 fully saturated rings. The second-order valence-electron chi connectivity index (χ2n) is 7.59. The Balaban J connectivity index is 1.99. The van der Waals surface area contributed by atoms with Crippen LogP contribution in [0.15, 0.2) is 65.6 Å². The van der Waals surface area contributed by atoms with Crippen molar-refractivity contribution in [1.29, 1.82) is 0 Å². The number of hydrogen-bond acceptors (Lipinski definition) is 5. The second-order valence-corrected chi connectivity index (χ2v) is 10.3. The van der Waals surface area contributed by atoms with E-state index in [1.165, 1.54) is 32.4 Å². The van der Waals surface area contributed by atoms with Gasteiger partial charge in [0.15, 0.2) is 11.5 Å². The molecule has 13 heteroatoms. The van der Waals surface area contributed by atoms with E-state index in [2.05, 4.69) is 5.32 Å². The number of sulfonamides is 1. The molecule has 3 rings (SSSR count). The van der Waals surface area contributed by atoms with E-state index in [0.717, 1.165) is 24.3 Å². The van der Waals surface area contributed by atoms with Gasteiger partial charge in [0.1, 0.15) is 6.54 Å². The van der Waals surface area contributed by atoms with Crippen molar-refractivity contribution < 1.29 is 35.9 Å². The van der Waals surface area contributed by atoms with E-state index >= 15 is 0 Å². The van der Waals surface area contributed by atoms with Crippen LogP contribution in [0.2, 0.25) is 10.0 Å². The molecular weight excluding hydrogens is 556 g/mol. The SMILES string of the molecule is COc1ccc(S(=O)(=O)N(CC(=O)NCc2ccc(Cl)cc2Cl)c2cccc(C(F)(F)F)c2)cc1OC. The fourth-order valence-electron chi connectivity index (χ4n) is 3.30. The number of nitrogens with one attached hydrogen (secondary N) is 1. The van der Waals surface area contributed by atoms with Crippen molar-refractivity contribution in [1.82, 2.24) is 5.32 Å². The van der Waals surface area contributed by atoms with Gasteiger partial charge in [-0.2, -0.15) is 13.2 Å². The number of hydrogen-bond donors (Lipinski definition) is 1. The number of carbonyl (C=O) groups excluding carboxylic acids is 1. The molecule has 0 saturated heterocycles. The van der Waals surface area contributed by atoms with Gasteiger partial charge >= 0.3 is 6.18 Å². The summed E-state index contributed by atoms with van der Waals surface area (Å²) in [7, 11) is -1.88. The van der Waals surface area contributed by atoms with Crippen molar-refractivity contribution in [2.45, 2.75) is 17.6 Å². The highest BCUT2D eigenvalue weighted by Crippen LogP contribution is 2.35. The van der Waals surface area contributed by atoms with E-state index in [1.807, 2.05) is 0 Å². The minimum atomic E-state index is -4.73.